The molecule has 0 unspecified atom stereocenters. The summed E-state index contributed by atoms with van der Waals surface area (Å²) in [6, 6.07) is 9.81. The molecule has 0 saturated carbocycles. The van der Waals surface area contributed by atoms with Crippen molar-refractivity contribution in [2.75, 3.05) is 11.4 Å². The van der Waals surface area contributed by atoms with Crippen LogP contribution < -0.4 is 4.90 Å². The van der Waals surface area contributed by atoms with Gasteiger partial charge in [-0.15, -0.1) is 0 Å². The van der Waals surface area contributed by atoms with Crippen LogP contribution in [-0.2, 0) is 6.54 Å². The molecule has 1 N–H and O–H groups in total. The van der Waals surface area contributed by atoms with Crippen LogP contribution in [0.15, 0.2) is 45.5 Å². The van der Waals surface area contributed by atoms with Crippen LogP contribution in [0, 0.1) is 0 Å². The normalized spacial score (nSPS) is 12.4. The third-order valence-electron chi connectivity index (χ3n) is 3.10. The zero-order valence-corrected chi connectivity index (χ0v) is 12.7. The Morgan fingerprint density at radius 1 is 1.37 bits per heavy atom. The average molecular weight is 324 g/mol. The monoisotopic (exact) mass is 323 g/mol. The van der Waals surface area contributed by atoms with Gasteiger partial charge in [0.05, 0.1) is 24.6 Å². The number of rotatable bonds is 5. The Labute approximate surface area is 122 Å². The van der Waals surface area contributed by atoms with Crippen molar-refractivity contribution >= 4 is 21.6 Å². The molecule has 0 radical (unpaired) electrons. The third kappa shape index (κ3) is 3.39. The highest BCUT2D eigenvalue weighted by molar-refractivity contribution is 9.10. The van der Waals surface area contributed by atoms with Gasteiger partial charge >= 0.3 is 0 Å². The Balaban J connectivity index is 2.23. The standard InChI is InChI=1S/C15H18BrNO2/c1-3-17(10-13-5-4-8-19-13)15-7-6-12(11(2)18)9-14(15)16/h4-9,11,18H,3,10H2,1-2H3/t11-/m0/s1. The Morgan fingerprint density at radius 3 is 2.68 bits per heavy atom. The summed E-state index contributed by atoms with van der Waals surface area (Å²) in [5.41, 5.74) is 2.01. The second kappa shape index (κ2) is 6.26. The maximum atomic E-state index is 9.59. The third-order valence-corrected chi connectivity index (χ3v) is 3.74. The van der Waals surface area contributed by atoms with Crippen molar-refractivity contribution in [1.29, 1.82) is 0 Å². The number of furan rings is 1. The molecule has 0 aliphatic carbocycles. The molecule has 2 rings (SSSR count). The average Bonchev–Trinajstić information content (AvgIpc) is 2.89. The van der Waals surface area contributed by atoms with Crippen molar-refractivity contribution in [3.8, 4) is 0 Å². The first-order chi connectivity index (χ1) is 9.11. The molecule has 0 aliphatic heterocycles. The van der Waals surface area contributed by atoms with Gasteiger partial charge in [0.1, 0.15) is 5.76 Å². The number of hydrogen-bond donors (Lipinski definition) is 1. The van der Waals surface area contributed by atoms with Gasteiger partial charge in [-0.05, 0) is 59.6 Å². The number of benzene rings is 1. The topological polar surface area (TPSA) is 36.6 Å². The fourth-order valence-electron chi connectivity index (χ4n) is 2.00. The van der Waals surface area contributed by atoms with Crippen molar-refractivity contribution in [2.24, 2.45) is 0 Å². The van der Waals surface area contributed by atoms with E-state index in [4.69, 9.17) is 4.42 Å². The smallest absolute Gasteiger partial charge is 0.123 e. The first-order valence-corrected chi connectivity index (χ1v) is 7.16. The highest BCUT2D eigenvalue weighted by Crippen LogP contribution is 2.30. The van der Waals surface area contributed by atoms with E-state index in [0.29, 0.717) is 0 Å². The molecule has 0 aliphatic rings. The van der Waals surface area contributed by atoms with Crippen molar-refractivity contribution in [1.82, 2.24) is 0 Å². The first-order valence-electron chi connectivity index (χ1n) is 6.36. The van der Waals surface area contributed by atoms with E-state index in [1.807, 2.05) is 30.3 Å². The number of aliphatic hydroxyl groups excluding tert-OH is 1. The molecule has 0 amide bonds. The SMILES string of the molecule is CCN(Cc1ccco1)c1ccc([C@H](C)O)cc1Br. The van der Waals surface area contributed by atoms with Crippen LogP contribution in [0.3, 0.4) is 0 Å². The van der Waals surface area contributed by atoms with E-state index in [0.717, 1.165) is 34.6 Å². The lowest BCUT2D eigenvalue weighted by atomic mass is 10.1. The van der Waals surface area contributed by atoms with Gasteiger partial charge in [0.25, 0.3) is 0 Å². The zero-order valence-electron chi connectivity index (χ0n) is 11.1. The molecule has 1 aromatic carbocycles. The highest BCUT2D eigenvalue weighted by atomic mass is 79.9. The van der Waals surface area contributed by atoms with Crippen LogP contribution in [0.4, 0.5) is 5.69 Å². The van der Waals surface area contributed by atoms with E-state index in [2.05, 4.69) is 27.8 Å². The lowest BCUT2D eigenvalue weighted by Gasteiger charge is -2.24. The van der Waals surface area contributed by atoms with Gasteiger partial charge in [-0.1, -0.05) is 6.07 Å². The largest absolute Gasteiger partial charge is 0.467 e. The van der Waals surface area contributed by atoms with Gasteiger partial charge in [0, 0.05) is 11.0 Å². The van der Waals surface area contributed by atoms with E-state index < -0.39 is 6.10 Å². The predicted octanol–water partition coefficient (Wildman–Crippen LogP) is 4.12. The number of anilines is 1. The number of aliphatic hydroxyl groups is 1. The van der Waals surface area contributed by atoms with E-state index in [9.17, 15) is 5.11 Å². The molecule has 1 aromatic heterocycles. The minimum atomic E-state index is -0.453. The Bertz CT molecular complexity index is 523. The summed E-state index contributed by atoms with van der Waals surface area (Å²) in [7, 11) is 0. The molecule has 1 atom stereocenters. The Hall–Kier alpha value is -1.26. The van der Waals surface area contributed by atoms with Gasteiger partial charge < -0.3 is 14.4 Å². The molecule has 19 heavy (non-hydrogen) atoms. The van der Waals surface area contributed by atoms with Crippen LogP contribution in [0.2, 0.25) is 0 Å². The molecule has 3 nitrogen and oxygen atoms in total. The van der Waals surface area contributed by atoms with Crippen molar-refractivity contribution < 1.29 is 9.52 Å². The van der Waals surface area contributed by atoms with Crippen LogP contribution in [0.25, 0.3) is 0 Å². The molecule has 1 heterocycles. The molecular weight excluding hydrogens is 306 g/mol. The number of halogens is 1. The molecule has 2 aromatic rings. The molecule has 0 spiro atoms. The van der Waals surface area contributed by atoms with Gasteiger partial charge in [-0.2, -0.15) is 0 Å². The van der Waals surface area contributed by atoms with Gasteiger partial charge in [0.2, 0.25) is 0 Å². The van der Waals surface area contributed by atoms with Crippen LogP contribution >= 0.6 is 15.9 Å². The quantitative estimate of drug-likeness (QED) is 0.899. The highest BCUT2D eigenvalue weighted by Gasteiger charge is 2.12. The van der Waals surface area contributed by atoms with Gasteiger partial charge in [0.15, 0.2) is 0 Å². The molecular formula is C15H18BrNO2. The summed E-state index contributed by atoms with van der Waals surface area (Å²) >= 11 is 3.58. The minimum absolute atomic E-state index is 0.453. The summed E-state index contributed by atoms with van der Waals surface area (Å²) in [6.45, 7) is 5.49. The lowest BCUT2D eigenvalue weighted by molar-refractivity contribution is 0.199. The second-order valence-electron chi connectivity index (χ2n) is 4.48. The molecule has 102 valence electrons. The fraction of sp³-hybridized carbons (Fsp3) is 0.333. The van der Waals surface area contributed by atoms with E-state index in [1.165, 1.54) is 0 Å². The molecule has 0 bridgehead atoms. The molecule has 4 heteroatoms. The summed E-state index contributed by atoms with van der Waals surface area (Å²) < 4.78 is 6.38. The zero-order chi connectivity index (χ0) is 13.8. The summed E-state index contributed by atoms with van der Waals surface area (Å²) in [6.07, 6.45) is 1.24. The summed E-state index contributed by atoms with van der Waals surface area (Å²) in [4.78, 5) is 2.22. The van der Waals surface area contributed by atoms with Crippen LogP contribution in [0.5, 0.6) is 0 Å². The Morgan fingerprint density at radius 2 is 2.16 bits per heavy atom. The lowest BCUT2D eigenvalue weighted by Crippen LogP contribution is -2.22. The fourth-order valence-corrected chi connectivity index (χ4v) is 2.64. The van der Waals surface area contributed by atoms with Crippen molar-refractivity contribution in [3.63, 3.8) is 0 Å². The second-order valence-corrected chi connectivity index (χ2v) is 5.33. The van der Waals surface area contributed by atoms with Gasteiger partial charge in [-0.3, -0.25) is 0 Å². The maximum Gasteiger partial charge on any atom is 0.123 e. The summed E-state index contributed by atoms with van der Waals surface area (Å²) in [5.74, 6) is 0.938. The predicted molar refractivity (Wildman–Crippen MR) is 80.2 cm³/mol. The minimum Gasteiger partial charge on any atom is -0.467 e. The van der Waals surface area contributed by atoms with E-state index in [1.54, 1.807) is 13.2 Å². The summed E-state index contributed by atoms with van der Waals surface area (Å²) in [5, 5.41) is 9.59. The molecule has 0 saturated heterocycles. The number of hydrogen-bond acceptors (Lipinski definition) is 3. The van der Waals surface area contributed by atoms with Crippen LogP contribution in [-0.4, -0.2) is 11.7 Å². The van der Waals surface area contributed by atoms with E-state index >= 15 is 0 Å². The molecule has 0 fully saturated rings. The number of nitrogens with zero attached hydrogens (tertiary/aromatic N) is 1. The van der Waals surface area contributed by atoms with Gasteiger partial charge in [-0.25, -0.2) is 0 Å². The van der Waals surface area contributed by atoms with Crippen LogP contribution in [0.1, 0.15) is 31.3 Å². The first kappa shape index (κ1) is 14.2. The van der Waals surface area contributed by atoms with Crippen molar-refractivity contribution in [2.45, 2.75) is 26.5 Å². The van der Waals surface area contributed by atoms with Crippen molar-refractivity contribution in [3.05, 3.63) is 52.4 Å². The maximum absolute atomic E-state index is 9.59. The van der Waals surface area contributed by atoms with E-state index in [-0.39, 0.29) is 0 Å². The Kier molecular flexibility index (Phi) is 4.66.